The second kappa shape index (κ2) is 8.35. The highest BCUT2D eigenvalue weighted by Crippen LogP contribution is 2.65. The van der Waals surface area contributed by atoms with Crippen LogP contribution in [0.25, 0.3) is 0 Å². The van der Waals surface area contributed by atoms with E-state index >= 15 is 0 Å². The van der Waals surface area contributed by atoms with Gasteiger partial charge in [0, 0.05) is 37.0 Å². The standard InChI is InChI=1S/C23H30N2O5S2/c1-4-23(17-6-5-7-18(14-17)24-32(3,28)29)21-15-25(16-22(21)23)12-13-30-19-8-10-20(11-9-19)31(2,26)27/h5-11,14,21-22,24H,4,12-13,15-16H2,1-3H3. The molecular weight excluding hydrogens is 448 g/mol. The summed E-state index contributed by atoms with van der Waals surface area (Å²) < 4.78 is 54.7. The third-order valence-corrected chi connectivity index (χ3v) is 8.56. The Kier molecular flexibility index (Phi) is 6.02. The second-order valence-corrected chi connectivity index (χ2v) is 12.7. The van der Waals surface area contributed by atoms with Gasteiger partial charge in [0.05, 0.1) is 11.2 Å². The van der Waals surface area contributed by atoms with Crippen molar-refractivity contribution in [1.29, 1.82) is 0 Å². The van der Waals surface area contributed by atoms with Gasteiger partial charge in [0.25, 0.3) is 0 Å². The molecule has 2 unspecified atom stereocenters. The average Bonchev–Trinajstić information content (AvgIpc) is 3.09. The van der Waals surface area contributed by atoms with E-state index in [-0.39, 0.29) is 10.3 Å². The zero-order valence-corrected chi connectivity index (χ0v) is 20.2. The molecule has 7 nitrogen and oxygen atoms in total. The number of sulfone groups is 1. The quantitative estimate of drug-likeness (QED) is 0.596. The van der Waals surface area contributed by atoms with Gasteiger partial charge in [-0.25, -0.2) is 16.8 Å². The number of benzene rings is 2. The topological polar surface area (TPSA) is 92.8 Å². The number of nitrogens with one attached hydrogen (secondary N) is 1. The van der Waals surface area contributed by atoms with Gasteiger partial charge in [0.2, 0.25) is 10.0 Å². The van der Waals surface area contributed by atoms with Crippen molar-refractivity contribution in [3.8, 4) is 5.75 Å². The molecule has 32 heavy (non-hydrogen) atoms. The van der Waals surface area contributed by atoms with Crippen molar-refractivity contribution >= 4 is 25.5 Å². The van der Waals surface area contributed by atoms with Crippen LogP contribution in [0.15, 0.2) is 53.4 Å². The fourth-order valence-electron chi connectivity index (χ4n) is 5.32. The lowest BCUT2D eigenvalue weighted by atomic mass is 9.87. The second-order valence-electron chi connectivity index (χ2n) is 8.91. The molecule has 1 aliphatic heterocycles. The van der Waals surface area contributed by atoms with E-state index in [1.807, 2.05) is 12.1 Å². The van der Waals surface area contributed by atoms with Crippen LogP contribution in [0, 0.1) is 11.8 Å². The molecular formula is C23H30N2O5S2. The summed E-state index contributed by atoms with van der Waals surface area (Å²) in [6, 6.07) is 14.3. The molecule has 1 saturated carbocycles. The number of ether oxygens (including phenoxy) is 1. The van der Waals surface area contributed by atoms with E-state index in [4.69, 9.17) is 4.74 Å². The van der Waals surface area contributed by atoms with Crippen molar-refractivity contribution in [1.82, 2.24) is 4.90 Å². The Bertz CT molecular complexity index is 1180. The third-order valence-electron chi connectivity index (χ3n) is 6.83. The Morgan fingerprint density at radius 2 is 1.69 bits per heavy atom. The molecule has 0 spiro atoms. The minimum atomic E-state index is -3.30. The van der Waals surface area contributed by atoms with Crippen molar-refractivity contribution < 1.29 is 21.6 Å². The molecule has 0 radical (unpaired) electrons. The van der Waals surface area contributed by atoms with E-state index in [9.17, 15) is 16.8 Å². The molecule has 0 aromatic heterocycles. The first-order chi connectivity index (χ1) is 15.0. The predicted molar refractivity (Wildman–Crippen MR) is 125 cm³/mol. The number of anilines is 1. The number of hydrogen-bond acceptors (Lipinski definition) is 6. The highest BCUT2D eigenvalue weighted by atomic mass is 32.2. The van der Waals surface area contributed by atoms with Gasteiger partial charge < -0.3 is 4.74 Å². The van der Waals surface area contributed by atoms with Crippen molar-refractivity contribution in [3.05, 3.63) is 54.1 Å². The normalized spacial score (nSPS) is 25.3. The summed E-state index contributed by atoms with van der Waals surface area (Å²) in [4.78, 5) is 2.70. The molecule has 0 amide bonds. The van der Waals surface area contributed by atoms with Crippen molar-refractivity contribution in [2.75, 3.05) is 43.5 Å². The molecule has 2 fully saturated rings. The van der Waals surface area contributed by atoms with Crippen molar-refractivity contribution in [2.24, 2.45) is 11.8 Å². The monoisotopic (exact) mass is 478 g/mol. The number of piperidine rings is 1. The summed E-state index contributed by atoms with van der Waals surface area (Å²) in [5.74, 6) is 1.80. The summed E-state index contributed by atoms with van der Waals surface area (Å²) >= 11 is 0. The summed E-state index contributed by atoms with van der Waals surface area (Å²) in [6.45, 7) is 5.57. The molecule has 1 saturated heterocycles. The summed E-state index contributed by atoms with van der Waals surface area (Å²) in [7, 11) is -6.50. The predicted octanol–water partition coefficient (Wildman–Crippen LogP) is 2.75. The smallest absolute Gasteiger partial charge is 0.229 e. The van der Waals surface area contributed by atoms with E-state index < -0.39 is 19.9 Å². The molecule has 1 aliphatic carbocycles. The Labute approximate surface area is 190 Å². The van der Waals surface area contributed by atoms with Crippen LogP contribution in [-0.4, -0.2) is 60.5 Å². The first kappa shape index (κ1) is 23.1. The minimum absolute atomic E-state index is 0.119. The van der Waals surface area contributed by atoms with Crippen LogP contribution in [-0.2, 0) is 25.3 Å². The summed E-state index contributed by atoms with van der Waals surface area (Å²) in [5.41, 5.74) is 1.95. The number of rotatable bonds is 9. The molecule has 2 aliphatic rings. The van der Waals surface area contributed by atoms with Crippen LogP contribution in [0.5, 0.6) is 5.75 Å². The highest BCUT2D eigenvalue weighted by molar-refractivity contribution is 7.92. The Hall–Kier alpha value is -2.10. The zero-order valence-electron chi connectivity index (χ0n) is 18.6. The van der Waals surface area contributed by atoms with Crippen LogP contribution in [0.3, 0.4) is 0 Å². The van der Waals surface area contributed by atoms with E-state index in [1.165, 1.54) is 18.1 Å². The van der Waals surface area contributed by atoms with Crippen LogP contribution in [0.2, 0.25) is 0 Å². The first-order valence-electron chi connectivity index (χ1n) is 10.8. The van der Waals surface area contributed by atoms with Gasteiger partial charge in [-0.05, 0) is 60.2 Å². The van der Waals surface area contributed by atoms with Crippen LogP contribution in [0.4, 0.5) is 5.69 Å². The van der Waals surface area contributed by atoms with Gasteiger partial charge in [0.15, 0.2) is 9.84 Å². The number of hydrogen-bond donors (Lipinski definition) is 1. The van der Waals surface area contributed by atoms with E-state index in [0.717, 1.165) is 26.1 Å². The Morgan fingerprint density at radius 1 is 1.03 bits per heavy atom. The largest absolute Gasteiger partial charge is 0.492 e. The van der Waals surface area contributed by atoms with Gasteiger partial charge in [-0.3, -0.25) is 9.62 Å². The molecule has 9 heteroatoms. The molecule has 2 aromatic rings. The van der Waals surface area contributed by atoms with Crippen LogP contribution in [0.1, 0.15) is 18.9 Å². The minimum Gasteiger partial charge on any atom is -0.492 e. The average molecular weight is 479 g/mol. The van der Waals surface area contributed by atoms with Gasteiger partial charge in [-0.2, -0.15) is 0 Å². The number of nitrogens with zero attached hydrogens (tertiary/aromatic N) is 1. The Morgan fingerprint density at radius 3 is 2.25 bits per heavy atom. The molecule has 0 bridgehead atoms. The van der Waals surface area contributed by atoms with Crippen molar-refractivity contribution in [3.63, 3.8) is 0 Å². The van der Waals surface area contributed by atoms with Crippen LogP contribution >= 0.6 is 0 Å². The SMILES string of the molecule is CCC1(c2cccc(NS(C)(=O)=O)c2)C2CN(CCOc3ccc(S(C)(=O)=O)cc3)CC21. The molecule has 1 heterocycles. The fraction of sp³-hybridized carbons (Fsp3) is 0.478. The van der Waals surface area contributed by atoms with Gasteiger partial charge in [-0.1, -0.05) is 19.1 Å². The molecule has 4 rings (SSSR count). The lowest BCUT2D eigenvalue weighted by Crippen LogP contribution is -2.33. The number of sulfonamides is 1. The lowest BCUT2D eigenvalue weighted by molar-refractivity contribution is 0.209. The molecule has 1 N–H and O–H groups in total. The molecule has 2 atom stereocenters. The maximum absolute atomic E-state index is 11.6. The lowest BCUT2D eigenvalue weighted by Gasteiger charge is -2.26. The van der Waals surface area contributed by atoms with Gasteiger partial charge in [0.1, 0.15) is 12.4 Å². The molecule has 2 aromatic carbocycles. The first-order valence-corrected chi connectivity index (χ1v) is 14.5. The van der Waals surface area contributed by atoms with Crippen LogP contribution < -0.4 is 9.46 Å². The Balaban J connectivity index is 1.32. The molecule has 174 valence electrons. The maximum atomic E-state index is 11.6. The summed E-state index contributed by atoms with van der Waals surface area (Å²) in [5, 5.41) is 0. The number of likely N-dealkylation sites (tertiary alicyclic amines) is 1. The zero-order chi connectivity index (χ0) is 23.1. The highest BCUT2D eigenvalue weighted by Gasteiger charge is 2.67. The van der Waals surface area contributed by atoms with E-state index in [2.05, 4.69) is 22.6 Å². The van der Waals surface area contributed by atoms with Gasteiger partial charge >= 0.3 is 0 Å². The van der Waals surface area contributed by atoms with E-state index in [0.29, 0.717) is 29.9 Å². The van der Waals surface area contributed by atoms with E-state index in [1.54, 1.807) is 30.3 Å². The maximum Gasteiger partial charge on any atom is 0.229 e. The third kappa shape index (κ3) is 4.65. The number of fused-ring (bicyclic) bond motifs is 1. The van der Waals surface area contributed by atoms with Gasteiger partial charge in [-0.15, -0.1) is 0 Å². The van der Waals surface area contributed by atoms with Crippen molar-refractivity contribution in [2.45, 2.75) is 23.7 Å². The fourth-order valence-corrected chi connectivity index (χ4v) is 6.50. The summed E-state index contributed by atoms with van der Waals surface area (Å²) in [6.07, 6.45) is 3.39.